The van der Waals surface area contributed by atoms with Crippen molar-refractivity contribution < 1.29 is 9.21 Å². The molecule has 0 aliphatic rings. The van der Waals surface area contributed by atoms with Crippen LogP contribution in [0.2, 0.25) is 5.02 Å². The number of rotatable bonds is 6. The van der Waals surface area contributed by atoms with Crippen LogP contribution in [-0.4, -0.2) is 17.4 Å². The largest absolute Gasteiger partial charge is 0.444 e. The molecule has 0 unspecified atom stereocenters. The van der Waals surface area contributed by atoms with E-state index in [2.05, 4.69) is 15.6 Å². The first-order valence-corrected chi connectivity index (χ1v) is 6.75. The number of amides is 1. The van der Waals surface area contributed by atoms with Crippen molar-refractivity contribution in [2.45, 2.75) is 19.9 Å². The molecule has 0 saturated heterocycles. The van der Waals surface area contributed by atoms with E-state index in [-0.39, 0.29) is 12.5 Å². The topological polar surface area (TPSA) is 67.2 Å². The highest BCUT2D eigenvalue weighted by Gasteiger charge is 2.06. The van der Waals surface area contributed by atoms with Crippen molar-refractivity contribution in [3.05, 3.63) is 47.1 Å². The van der Waals surface area contributed by atoms with Gasteiger partial charge in [0.2, 0.25) is 11.8 Å². The van der Waals surface area contributed by atoms with Gasteiger partial charge in [0.1, 0.15) is 5.76 Å². The lowest BCUT2D eigenvalue weighted by atomic mass is 10.3. The first kappa shape index (κ1) is 14.6. The predicted molar refractivity (Wildman–Crippen MR) is 77.7 cm³/mol. The highest BCUT2D eigenvalue weighted by atomic mass is 35.5. The number of nitrogens with one attached hydrogen (secondary N) is 2. The summed E-state index contributed by atoms with van der Waals surface area (Å²) >= 11 is 5.96. The molecule has 0 radical (unpaired) electrons. The number of nitrogens with zero attached hydrogens (tertiary/aromatic N) is 1. The molecule has 1 amide bonds. The fourth-order valence-electron chi connectivity index (χ4n) is 1.63. The Bertz CT molecular complexity index is 583. The maximum absolute atomic E-state index is 11.7. The molecular formula is C14H16ClN3O2. The molecule has 106 valence electrons. The van der Waals surface area contributed by atoms with E-state index >= 15 is 0 Å². The number of carbonyl (C=O) groups excluding carboxylic acids is 1. The second-order valence-corrected chi connectivity index (χ2v) is 4.61. The monoisotopic (exact) mass is 293 g/mol. The lowest BCUT2D eigenvalue weighted by molar-refractivity contribution is -0.115. The highest BCUT2D eigenvalue weighted by molar-refractivity contribution is 6.33. The molecule has 0 saturated carbocycles. The Kier molecular flexibility index (Phi) is 5.15. The minimum absolute atomic E-state index is 0.162. The molecule has 1 heterocycles. The zero-order valence-electron chi connectivity index (χ0n) is 11.1. The first-order valence-electron chi connectivity index (χ1n) is 6.37. The van der Waals surface area contributed by atoms with E-state index in [1.165, 1.54) is 0 Å². The minimum atomic E-state index is -0.166. The maximum atomic E-state index is 11.7. The Morgan fingerprint density at radius 1 is 1.40 bits per heavy atom. The summed E-state index contributed by atoms with van der Waals surface area (Å²) in [5.41, 5.74) is 0.602. The molecule has 0 atom stereocenters. The van der Waals surface area contributed by atoms with Crippen LogP contribution in [-0.2, 0) is 17.8 Å². The molecule has 20 heavy (non-hydrogen) atoms. The molecule has 6 heteroatoms. The average Bonchev–Trinajstić information content (AvgIpc) is 2.89. The summed E-state index contributed by atoms with van der Waals surface area (Å²) in [6, 6.07) is 7.10. The number of para-hydroxylation sites is 1. The van der Waals surface area contributed by atoms with Gasteiger partial charge in [-0.3, -0.25) is 10.1 Å². The number of aromatic nitrogens is 1. The van der Waals surface area contributed by atoms with Crippen LogP contribution in [0, 0.1) is 0 Å². The van der Waals surface area contributed by atoms with Gasteiger partial charge in [0.05, 0.1) is 30.0 Å². The second-order valence-electron chi connectivity index (χ2n) is 4.21. The molecule has 2 N–H and O–H groups in total. The van der Waals surface area contributed by atoms with Crippen LogP contribution >= 0.6 is 11.6 Å². The third-order valence-electron chi connectivity index (χ3n) is 2.66. The van der Waals surface area contributed by atoms with Gasteiger partial charge >= 0.3 is 0 Å². The van der Waals surface area contributed by atoms with Gasteiger partial charge in [0.25, 0.3) is 0 Å². The number of oxazole rings is 1. The number of benzene rings is 1. The number of carbonyl (C=O) groups is 1. The van der Waals surface area contributed by atoms with Crippen LogP contribution in [0.3, 0.4) is 0 Å². The van der Waals surface area contributed by atoms with Gasteiger partial charge in [-0.2, -0.15) is 0 Å². The van der Waals surface area contributed by atoms with E-state index in [0.29, 0.717) is 23.1 Å². The Hall–Kier alpha value is -1.85. The van der Waals surface area contributed by atoms with E-state index in [9.17, 15) is 4.79 Å². The molecule has 0 fully saturated rings. The molecule has 2 aromatic rings. The quantitative estimate of drug-likeness (QED) is 0.859. The molecule has 0 bridgehead atoms. The van der Waals surface area contributed by atoms with Crippen molar-refractivity contribution in [2.75, 3.05) is 11.9 Å². The Labute approximate surface area is 122 Å². The van der Waals surface area contributed by atoms with E-state index < -0.39 is 0 Å². The molecule has 5 nitrogen and oxygen atoms in total. The zero-order chi connectivity index (χ0) is 14.4. The minimum Gasteiger partial charge on any atom is -0.444 e. The summed E-state index contributed by atoms with van der Waals surface area (Å²) < 4.78 is 5.43. The molecule has 0 spiro atoms. The number of hydrogen-bond acceptors (Lipinski definition) is 4. The van der Waals surface area contributed by atoms with Crippen LogP contribution in [0.25, 0.3) is 0 Å². The SMILES string of the molecule is CCc1cnc(CNCC(=O)Nc2ccccc2Cl)o1. The fourth-order valence-corrected chi connectivity index (χ4v) is 1.82. The number of anilines is 1. The van der Waals surface area contributed by atoms with Crippen LogP contribution in [0.1, 0.15) is 18.6 Å². The molecule has 0 aliphatic heterocycles. The zero-order valence-corrected chi connectivity index (χ0v) is 11.9. The van der Waals surface area contributed by atoms with E-state index in [0.717, 1.165) is 12.2 Å². The number of aryl methyl sites for hydroxylation is 1. The number of halogens is 1. The van der Waals surface area contributed by atoms with Gasteiger partial charge in [0, 0.05) is 6.42 Å². The van der Waals surface area contributed by atoms with Gasteiger partial charge in [-0.25, -0.2) is 4.98 Å². The molecule has 0 aliphatic carbocycles. The summed E-state index contributed by atoms with van der Waals surface area (Å²) in [5, 5.41) is 6.21. The standard InChI is InChI=1S/C14H16ClN3O2/c1-2-10-7-17-14(20-10)9-16-8-13(19)18-12-6-4-3-5-11(12)15/h3-7,16H,2,8-9H2,1H3,(H,18,19). The first-order chi connectivity index (χ1) is 9.69. The van der Waals surface area contributed by atoms with Crippen molar-refractivity contribution >= 4 is 23.2 Å². The molecular weight excluding hydrogens is 278 g/mol. The molecule has 1 aromatic carbocycles. The van der Waals surface area contributed by atoms with Crippen molar-refractivity contribution in [1.82, 2.24) is 10.3 Å². The van der Waals surface area contributed by atoms with Gasteiger partial charge in [0.15, 0.2) is 0 Å². The van der Waals surface area contributed by atoms with Crippen LogP contribution < -0.4 is 10.6 Å². The summed E-state index contributed by atoms with van der Waals surface area (Å²) in [6.07, 6.45) is 2.50. The van der Waals surface area contributed by atoms with Crippen molar-refractivity contribution in [3.8, 4) is 0 Å². The highest BCUT2D eigenvalue weighted by Crippen LogP contribution is 2.19. The molecule has 1 aromatic heterocycles. The van der Waals surface area contributed by atoms with Crippen molar-refractivity contribution in [3.63, 3.8) is 0 Å². The third kappa shape index (κ3) is 4.08. The van der Waals surface area contributed by atoms with Gasteiger partial charge < -0.3 is 9.73 Å². The summed E-state index contributed by atoms with van der Waals surface area (Å²) in [4.78, 5) is 15.8. The van der Waals surface area contributed by atoms with E-state index in [4.69, 9.17) is 16.0 Å². The fraction of sp³-hybridized carbons (Fsp3) is 0.286. The van der Waals surface area contributed by atoms with E-state index in [1.54, 1.807) is 18.3 Å². The second kappa shape index (κ2) is 7.07. The van der Waals surface area contributed by atoms with Gasteiger partial charge in [-0.1, -0.05) is 30.7 Å². The van der Waals surface area contributed by atoms with E-state index in [1.807, 2.05) is 19.1 Å². The Morgan fingerprint density at radius 2 is 2.20 bits per heavy atom. The Morgan fingerprint density at radius 3 is 2.90 bits per heavy atom. The van der Waals surface area contributed by atoms with Gasteiger partial charge in [-0.15, -0.1) is 0 Å². The van der Waals surface area contributed by atoms with Crippen LogP contribution in [0.15, 0.2) is 34.9 Å². The lowest BCUT2D eigenvalue weighted by Gasteiger charge is -2.07. The third-order valence-corrected chi connectivity index (χ3v) is 2.99. The Balaban J connectivity index is 1.77. The lowest BCUT2D eigenvalue weighted by Crippen LogP contribution is -2.27. The summed E-state index contributed by atoms with van der Waals surface area (Å²) in [6.45, 7) is 2.57. The van der Waals surface area contributed by atoms with Crippen LogP contribution in [0.5, 0.6) is 0 Å². The average molecular weight is 294 g/mol. The van der Waals surface area contributed by atoms with Crippen molar-refractivity contribution in [2.24, 2.45) is 0 Å². The molecule has 2 rings (SSSR count). The number of hydrogen-bond donors (Lipinski definition) is 2. The predicted octanol–water partition coefficient (Wildman–Crippen LogP) is 2.62. The maximum Gasteiger partial charge on any atom is 0.238 e. The summed E-state index contributed by atoms with van der Waals surface area (Å²) in [7, 11) is 0. The smallest absolute Gasteiger partial charge is 0.238 e. The van der Waals surface area contributed by atoms with Crippen molar-refractivity contribution in [1.29, 1.82) is 0 Å². The normalized spacial score (nSPS) is 10.5. The van der Waals surface area contributed by atoms with Gasteiger partial charge in [-0.05, 0) is 12.1 Å². The van der Waals surface area contributed by atoms with Crippen LogP contribution in [0.4, 0.5) is 5.69 Å². The summed E-state index contributed by atoms with van der Waals surface area (Å²) in [5.74, 6) is 1.25.